The molecule has 1 aliphatic rings. The molecule has 3 aromatic rings. The molecular weight excluding hydrogens is 474 g/mol. The summed E-state index contributed by atoms with van der Waals surface area (Å²) in [4.78, 5) is 24.4. The molecule has 1 aliphatic heterocycles. The van der Waals surface area contributed by atoms with Crippen molar-refractivity contribution in [3.8, 4) is 5.75 Å². The summed E-state index contributed by atoms with van der Waals surface area (Å²) in [6.45, 7) is -0.449. The van der Waals surface area contributed by atoms with Gasteiger partial charge in [0.1, 0.15) is 45.0 Å². The normalized spacial score (nSPS) is 15.2. The second-order valence-electron chi connectivity index (χ2n) is 7.07. The number of carbonyl (C=O) groups is 2. The molecule has 174 valence electrons. The van der Waals surface area contributed by atoms with Crippen LogP contribution in [0.3, 0.4) is 0 Å². The van der Waals surface area contributed by atoms with E-state index in [1.165, 1.54) is 30.3 Å². The van der Waals surface area contributed by atoms with E-state index in [2.05, 4.69) is 5.10 Å². The number of hydrogen-bond acceptors (Lipinski definition) is 5. The van der Waals surface area contributed by atoms with Crippen LogP contribution < -0.4 is 10.5 Å². The maximum atomic E-state index is 14.4. The lowest BCUT2D eigenvalue weighted by atomic mass is 10.1. The van der Waals surface area contributed by atoms with Crippen LogP contribution in [0.4, 0.5) is 17.6 Å². The maximum absolute atomic E-state index is 14.4. The summed E-state index contributed by atoms with van der Waals surface area (Å²) in [6.07, 6.45) is 0. The van der Waals surface area contributed by atoms with Crippen LogP contribution in [0, 0.1) is 23.3 Å². The highest BCUT2D eigenvalue weighted by Gasteiger charge is 2.38. The van der Waals surface area contributed by atoms with E-state index in [0.717, 1.165) is 16.8 Å². The van der Waals surface area contributed by atoms with Gasteiger partial charge in [-0.25, -0.2) is 22.6 Å². The topological polar surface area (TPSA) is 85.0 Å². The van der Waals surface area contributed by atoms with E-state index in [1.807, 2.05) is 0 Å². The first-order valence-corrected chi connectivity index (χ1v) is 10.6. The molecule has 0 radical (unpaired) electrons. The van der Waals surface area contributed by atoms with E-state index in [1.54, 1.807) is 18.2 Å². The van der Waals surface area contributed by atoms with Crippen molar-refractivity contribution in [2.24, 2.45) is 10.8 Å². The fraction of sp³-hybridized carbons (Fsp3) is 0.0870. The van der Waals surface area contributed by atoms with Gasteiger partial charge < -0.3 is 10.5 Å². The molecule has 2 N–H and O–H groups in total. The van der Waals surface area contributed by atoms with Crippen molar-refractivity contribution >= 4 is 28.6 Å². The number of hydrazone groups is 1. The lowest BCUT2D eigenvalue weighted by Gasteiger charge is -2.23. The number of nitrogens with two attached hydrogens (primary N) is 1. The fourth-order valence-electron chi connectivity index (χ4n) is 3.22. The molecule has 0 spiro atoms. The third-order valence-electron chi connectivity index (χ3n) is 4.72. The summed E-state index contributed by atoms with van der Waals surface area (Å²) in [5.41, 5.74) is 4.96. The van der Waals surface area contributed by atoms with Gasteiger partial charge in [-0.05, 0) is 30.3 Å². The zero-order valence-electron chi connectivity index (χ0n) is 17.2. The molecule has 11 heteroatoms. The standard InChI is InChI=1S/C23H15F4N3O3S/c24-13-7-5-12(6-8-13)21-29-30(22(32)20-16(26)9-14(25)10-17(20)27)23(34-21)15-3-1-2-4-18(15)33-11-19(28)31/h1-10,23H,11H2,(H2,28,31)/t23-/m1/s1. The number of primary amides is 1. The first-order chi connectivity index (χ1) is 16.2. The van der Waals surface area contributed by atoms with Gasteiger partial charge in [-0.15, -0.1) is 0 Å². The molecule has 0 saturated carbocycles. The number of halogens is 4. The van der Waals surface area contributed by atoms with Crippen LogP contribution in [0.2, 0.25) is 0 Å². The van der Waals surface area contributed by atoms with E-state index in [-0.39, 0.29) is 10.8 Å². The van der Waals surface area contributed by atoms with Crippen LogP contribution in [-0.4, -0.2) is 28.5 Å². The summed E-state index contributed by atoms with van der Waals surface area (Å²) < 4.78 is 61.0. The quantitative estimate of drug-likeness (QED) is 0.522. The Morgan fingerprint density at radius 1 is 0.971 bits per heavy atom. The Kier molecular flexibility index (Phi) is 6.55. The van der Waals surface area contributed by atoms with Gasteiger partial charge in [-0.3, -0.25) is 9.59 Å². The third kappa shape index (κ3) is 4.74. The molecule has 0 aliphatic carbocycles. The molecule has 2 amide bonds. The summed E-state index contributed by atoms with van der Waals surface area (Å²) in [6, 6.07) is 12.4. The van der Waals surface area contributed by atoms with Crippen LogP contribution in [0.1, 0.15) is 26.9 Å². The van der Waals surface area contributed by atoms with Crippen molar-refractivity contribution in [3.63, 3.8) is 0 Å². The van der Waals surface area contributed by atoms with Crippen molar-refractivity contribution in [3.05, 3.63) is 101 Å². The van der Waals surface area contributed by atoms with Gasteiger partial charge in [0, 0.05) is 23.3 Å². The Balaban J connectivity index is 1.79. The van der Waals surface area contributed by atoms with Crippen molar-refractivity contribution in [1.29, 1.82) is 0 Å². The Labute approximate surface area is 195 Å². The average Bonchev–Trinajstić information content (AvgIpc) is 3.23. The van der Waals surface area contributed by atoms with Crippen LogP contribution in [0.15, 0.2) is 65.8 Å². The van der Waals surface area contributed by atoms with E-state index in [0.29, 0.717) is 23.3 Å². The predicted octanol–water partition coefficient (Wildman–Crippen LogP) is 4.36. The number of para-hydroxylation sites is 1. The first-order valence-electron chi connectivity index (χ1n) is 9.74. The molecule has 3 aromatic carbocycles. The molecule has 34 heavy (non-hydrogen) atoms. The average molecular weight is 489 g/mol. The number of benzene rings is 3. The number of carbonyl (C=O) groups excluding carboxylic acids is 2. The summed E-state index contributed by atoms with van der Waals surface area (Å²) in [5, 5.41) is 4.33. The summed E-state index contributed by atoms with van der Waals surface area (Å²) >= 11 is 1.03. The van der Waals surface area contributed by atoms with Crippen molar-refractivity contribution < 1.29 is 31.9 Å². The van der Waals surface area contributed by atoms with E-state index >= 15 is 0 Å². The monoisotopic (exact) mass is 489 g/mol. The third-order valence-corrected chi connectivity index (χ3v) is 5.94. The largest absolute Gasteiger partial charge is 0.483 e. The van der Waals surface area contributed by atoms with Crippen molar-refractivity contribution in [2.75, 3.05) is 6.61 Å². The van der Waals surface area contributed by atoms with Gasteiger partial charge in [0.2, 0.25) is 0 Å². The Bertz CT molecular complexity index is 1280. The number of thioether (sulfide) groups is 1. The molecule has 0 aromatic heterocycles. The minimum absolute atomic E-state index is 0.187. The van der Waals surface area contributed by atoms with Crippen LogP contribution in [-0.2, 0) is 4.79 Å². The predicted molar refractivity (Wildman–Crippen MR) is 117 cm³/mol. The molecular formula is C23H15F4N3O3S. The molecule has 4 rings (SSSR count). The van der Waals surface area contributed by atoms with Gasteiger partial charge >= 0.3 is 0 Å². The maximum Gasteiger partial charge on any atom is 0.281 e. The molecule has 6 nitrogen and oxygen atoms in total. The summed E-state index contributed by atoms with van der Waals surface area (Å²) in [5.74, 6) is -6.18. The van der Waals surface area contributed by atoms with E-state index < -0.39 is 52.6 Å². The smallest absolute Gasteiger partial charge is 0.281 e. The minimum Gasteiger partial charge on any atom is -0.483 e. The second-order valence-corrected chi connectivity index (χ2v) is 8.14. The highest BCUT2D eigenvalue weighted by Crippen LogP contribution is 2.45. The number of rotatable bonds is 6. The van der Waals surface area contributed by atoms with E-state index in [4.69, 9.17) is 10.5 Å². The first kappa shape index (κ1) is 23.3. The van der Waals surface area contributed by atoms with Gasteiger partial charge in [0.15, 0.2) is 6.61 Å². The van der Waals surface area contributed by atoms with Crippen molar-refractivity contribution in [1.82, 2.24) is 5.01 Å². The lowest BCUT2D eigenvalue weighted by molar-refractivity contribution is -0.119. The number of amides is 2. The molecule has 0 saturated heterocycles. The van der Waals surface area contributed by atoms with Crippen LogP contribution in [0.5, 0.6) is 5.75 Å². The lowest BCUT2D eigenvalue weighted by Crippen LogP contribution is -2.28. The van der Waals surface area contributed by atoms with Gasteiger partial charge in [0.25, 0.3) is 11.8 Å². The summed E-state index contributed by atoms with van der Waals surface area (Å²) in [7, 11) is 0. The Morgan fingerprint density at radius 2 is 1.62 bits per heavy atom. The van der Waals surface area contributed by atoms with Gasteiger partial charge in [-0.2, -0.15) is 5.10 Å². The SMILES string of the molecule is NC(=O)COc1ccccc1[C@H]1SC(c2ccc(F)cc2)=NN1C(=O)c1c(F)cc(F)cc1F. The molecule has 0 fully saturated rings. The van der Waals surface area contributed by atoms with Crippen molar-refractivity contribution in [2.45, 2.75) is 5.37 Å². The zero-order chi connectivity index (χ0) is 24.4. The highest BCUT2D eigenvalue weighted by atomic mass is 32.2. The Morgan fingerprint density at radius 3 is 2.26 bits per heavy atom. The number of ether oxygens (including phenoxy) is 1. The number of nitrogens with zero attached hydrogens (tertiary/aromatic N) is 2. The second kappa shape index (κ2) is 9.56. The highest BCUT2D eigenvalue weighted by molar-refractivity contribution is 8.14. The van der Waals surface area contributed by atoms with Gasteiger partial charge in [0.05, 0.1) is 0 Å². The Hall–Kier alpha value is -3.86. The fourth-order valence-corrected chi connectivity index (χ4v) is 4.40. The van der Waals surface area contributed by atoms with Gasteiger partial charge in [-0.1, -0.05) is 30.0 Å². The zero-order valence-corrected chi connectivity index (χ0v) is 18.0. The molecule has 1 atom stereocenters. The molecule has 1 heterocycles. The van der Waals surface area contributed by atoms with Crippen LogP contribution >= 0.6 is 11.8 Å². The van der Waals surface area contributed by atoms with E-state index in [9.17, 15) is 27.2 Å². The minimum atomic E-state index is -1.39. The molecule has 0 bridgehead atoms. The number of hydrogen-bond donors (Lipinski definition) is 1. The molecule has 0 unspecified atom stereocenters. The van der Waals surface area contributed by atoms with Crippen LogP contribution in [0.25, 0.3) is 0 Å².